The summed E-state index contributed by atoms with van der Waals surface area (Å²) in [5.41, 5.74) is 2.85. The third kappa shape index (κ3) is 4.77. The molecule has 0 spiro atoms. The summed E-state index contributed by atoms with van der Waals surface area (Å²) < 4.78 is 6.40. The molecular weight excluding hydrogens is 466 g/mol. The SMILES string of the molecule is Cc1sc(NC(=O)c2cccc(NC(=O)C3CCCO3)c2)nc1-c1ccc(Br)cc1. The van der Waals surface area contributed by atoms with Crippen LogP contribution in [-0.4, -0.2) is 29.5 Å². The molecule has 1 aliphatic heterocycles. The number of anilines is 2. The molecule has 0 radical (unpaired) electrons. The summed E-state index contributed by atoms with van der Waals surface area (Å²) in [5.74, 6) is -0.459. The van der Waals surface area contributed by atoms with Gasteiger partial charge in [0, 0.05) is 32.8 Å². The van der Waals surface area contributed by atoms with E-state index in [1.807, 2.05) is 31.2 Å². The average molecular weight is 486 g/mol. The number of aromatic nitrogens is 1. The van der Waals surface area contributed by atoms with E-state index in [2.05, 4.69) is 31.5 Å². The van der Waals surface area contributed by atoms with E-state index in [9.17, 15) is 9.59 Å². The molecule has 6 nitrogen and oxygen atoms in total. The van der Waals surface area contributed by atoms with Gasteiger partial charge in [0.2, 0.25) is 0 Å². The van der Waals surface area contributed by atoms with Crippen LogP contribution in [0.3, 0.4) is 0 Å². The number of ether oxygens (including phenoxy) is 1. The van der Waals surface area contributed by atoms with Gasteiger partial charge in [0.25, 0.3) is 11.8 Å². The van der Waals surface area contributed by atoms with Crippen molar-refractivity contribution < 1.29 is 14.3 Å². The molecule has 1 atom stereocenters. The Morgan fingerprint density at radius 2 is 1.97 bits per heavy atom. The number of hydrogen-bond acceptors (Lipinski definition) is 5. The highest BCUT2D eigenvalue weighted by molar-refractivity contribution is 9.10. The third-order valence-corrected chi connectivity index (χ3v) is 6.16. The Bertz CT molecular complexity index is 1080. The maximum Gasteiger partial charge on any atom is 0.257 e. The smallest absolute Gasteiger partial charge is 0.257 e. The summed E-state index contributed by atoms with van der Waals surface area (Å²) >= 11 is 4.86. The number of amides is 2. The standard InChI is InChI=1S/C22H20BrN3O3S/c1-13-19(14-7-9-16(23)10-8-14)25-22(30-13)26-20(27)15-4-2-5-17(12-15)24-21(28)18-6-3-11-29-18/h2,4-5,7-10,12,18H,3,6,11H2,1H3,(H,24,28)(H,25,26,27). The van der Waals surface area contributed by atoms with Crippen molar-refractivity contribution in [2.75, 3.05) is 17.2 Å². The van der Waals surface area contributed by atoms with Crippen molar-refractivity contribution >= 4 is 49.9 Å². The van der Waals surface area contributed by atoms with Gasteiger partial charge in [-0.05, 0) is 50.1 Å². The van der Waals surface area contributed by atoms with E-state index in [1.165, 1.54) is 11.3 Å². The van der Waals surface area contributed by atoms with E-state index in [-0.39, 0.29) is 11.8 Å². The molecule has 0 aliphatic carbocycles. The molecule has 2 aromatic carbocycles. The Hall–Kier alpha value is -2.55. The van der Waals surface area contributed by atoms with E-state index >= 15 is 0 Å². The molecule has 154 valence electrons. The molecule has 2 N–H and O–H groups in total. The van der Waals surface area contributed by atoms with Gasteiger partial charge in [-0.25, -0.2) is 4.98 Å². The number of aryl methyl sites for hydroxylation is 1. The van der Waals surface area contributed by atoms with Crippen molar-refractivity contribution in [3.05, 3.63) is 63.4 Å². The molecule has 0 bridgehead atoms. The minimum atomic E-state index is -0.419. The van der Waals surface area contributed by atoms with Gasteiger partial charge in [0.05, 0.1) is 5.69 Å². The van der Waals surface area contributed by atoms with Crippen molar-refractivity contribution in [3.63, 3.8) is 0 Å². The Morgan fingerprint density at radius 1 is 1.17 bits per heavy atom. The number of nitrogens with zero attached hydrogens (tertiary/aromatic N) is 1. The van der Waals surface area contributed by atoms with Crippen LogP contribution in [0.25, 0.3) is 11.3 Å². The zero-order valence-corrected chi connectivity index (χ0v) is 18.7. The summed E-state index contributed by atoms with van der Waals surface area (Å²) in [6.45, 7) is 2.59. The molecule has 4 rings (SSSR count). The van der Waals surface area contributed by atoms with E-state index in [4.69, 9.17) is 4.74 Å². The molecule has 2 heterocycles. The number of benzene rings is 2. The summed E-state index contributed by atoms with van der Waals surface area (Å²) in [6.07, 6.45) is 1.18. The Morgan fingerprint density at radius 3 is 2.70 bits per heavy atom. The van der Waals surface area contributed by atoms with Crippen LogP contribution in [-0.2, 0) is 9.53 Å². The molecular formula is C22H20BrN3O3S. The van der Waals surface area contributed by atoms with E-state index < -0.39 is 6.10 Å². The fourth-order valence-corrected chi connectivity index (χ4v) is 4.34. The van der Waals surface area contributed by atoms with Gasteiger partial charge in [-0.15, -0.1) is 11.3 Å². The largest absolute Gasteiger partial charge is 0.368 e. The Balaban J connectivity index is 1.46. The van der Waals surface area contributed by atoms with Crippen molar-refractivity contribution in [2.45, 2.75) is 25.9 Å². The molecule has 1 saturated heterocycles. The molecule has 1 aromatic heterocycles. The highest BCUT2D eigenvalue weighted by Crippen LogP contribution is 2.31. The lowest BCUT2D eigenvalue weighted by Gasteiger charge is -2.11. The number of carbonyl (C=O) groups is 2. The van der Waals surface area contributed by atoms with Crippen molar-refractivity contribution in [2.24, 2.45) is 0 Å². The third-order valence-electron chi connectivity index (χ3n) is 4.75. The topological polar surface area (TPSA) is 80.3 Å². The first-order chi connectivity index (χ1) is 14.5. The summed E-state index contributed by atoms with van der Waals surface area (Å²) in [6, 6.07) is 14.7. The summed E-state index contributed by atoms with van der Waals surface area (Å²) in [4.78, 5) is 30.6. The van der Waals surface area contributed by atoms with Gasteiger partial charge in [0.15, 0.2) is 5.13 Å². The maximum atomic E-state index is 12.7. The number of thiazole rings is 1. The van der Waals surface area contributed by atoms with Crippen LogP contribution in [0.4, 0.5) is 10.8 Å². The van der Waals surface area contributed by atoms with E-state index in [0.29, 0.717) is 23.0 Å². The zero-order chi connectivity index (χ0) is 21.1. The number of halogens is 1. The zero-order valence-electron chi connectivity index (χ0n) is 16.3. The average Bonchev–Trinajstić information content (AvgIpc) is 3.39. The maximum absolute atomic E-state index is 12.7. The lowest BCUT2D eigenvalue weighted by molar-refractivity contribution is -0.124. The van der Waals surface area contributed by atoms with Crippen LogP contribution in [0.15, 0.2) is 53.0 Å². The Kier molecular flexibility index (Phi) is 6.26. The molecule has 0 saturated carbocycles. The summed E-state index contributed by atoms with van der Waals surface area (Å²) in [5, 5.41) is 6.21. The fraction of sp³-hybridized carbons (Fsp3) is 0.227. The van der Waals surface area contributed by atoms with Crippen molar-refractivity contribution in [1.29, 1.82) is 0 Å². The first kappa shape index (κ1) is 20.7. The molecule has 1 aliphatic rings. The van der Waals surface area contributed by atoms with Gasteiger partial charge < -0.3 is 10.1 Å². The molecule has 30 heavy (non-hydrogen) atoms. The highest BCUT2D eigenvalue weighted by atomic mass is 79.9. The van der Waals surface area contributed by atoms with Crippen LogP contribution < -0.4 is 10.6 Å². The predicted molar refractivity (Wildman–Crippen MR) is 122 cm³/mol. The second kappa shape index (κ2) is 9.07. The molecule has 1 fully saturated rings. The van der Waals surface area contributed by atoms with Gasteiger partial charge >= 0.3 is 0 Å². The monoisotopic (exact) mass is 485 g/mol. The van der Waals surface area contributed by atoms with Crippen molar-refractivity contribution in [1.82, 2.24) is 4.98 Å². The lowest BCUT2D eigenvalue weighted by atomic mass is 10.1. The highest BCUT2D eigenvalue weighted by Gasteiger charge is 2.23. The molecule has 3 aromatic rings. The van der Waals surface area contributed by atoms with Gasteiger partial charge in [-0.1, -0.05) is 34.1 Å². The van der Waals surface area contributed by atoms with Crippen LogP contribution >= 0.6 is 27.3 Å². The second-order valence-electron chi connectivity index (χ2n) is 6.96. The first-order valence-corrected chi connectivity index (χ1v) is 11.2. The molecule has 2 amide bonds. The minimum absolute atomic E-state index is 0.181. The Labute approximate surface area is 186 Å². The minimum Gasteiger partial charge on any atom is -0.368 e. The lowest BCUT2D eigenvalue weighted by Crippen LogP contribution is -2.27. The van der Waals surface area contributed by atoms with Crippen LogP contribution in [0.1, 0.15) is 28.1 Å². The van der Waals surface area contributed by atoms with Crippen LogP contribution in [0, 0.1) is 6.92 Å². The number of nitrogens with one attached hydrogen (secondary N) is 2. The quantitative estimate of drug-likeness (QED) is 0.516. The number of carbonyl (C=O) groups excluding carboxylic acids is 2. The second-order valence-corrected chi connectivity index (χ2v) is 9.08. The molecule has 1 unspecified atom stereocenters. The predicted octanol–water partition coefficient (Wildman–Crippen LogP) is 5.25. The van der Waals surface area contributed by atoms with Gasteiger partial charge in [0.1, 0.15) is 6.10 Å². The number of rotatable bonds is 5. The van der Waals surface area contributed by atoms with Gasteiger partial charge in [-0.2, -0.15) is 0 Å². The number of hydrogen-bond donors (Lipinski definition) is 2. The summed E-state index contributed by atoms with van der Waals surface area (Å²) in [7, 11) is 0. The van der Waals surface area contributed by atoms with Crippen molar-refractivity contribution in [3.8, 4) is 11.3 Å². The van der Waals surface area contributed by atoms with Crippen LogP contribution in [0.5, 0.6) is 0 Å². The first-order valence-electron chi connectivity index (χ1n) is 9.57. The van der Waals surface area contributed by atoms with E-state index in [0.717, 1.165) is 33.4 Å². The van der Waals surface area contributed by atoms with E-state index in [1.54, 1.807) is 24.3 Å². The normalized spacial score (nSPS) is 15.7. The molecule has 8 heteroatoms. The van der Waals surface area contributed by atoms with Crippen LogP contribution in [0.2, 0.25) is 0 Å². The fourth-order valence-electron chi connectivity index (χ4n) is 3.24. The van der Waals surface area contributed by atoms with Gasteiger partial charge in [-0.3, -0.25) is 14.9 Å².